The molecule has 0 aliphatic heterocycles. The first-order valence-corrected chi connectivity index (χ1v) is 12.2. The fourth-order valence-electron chi connectivity index (χ4n) is 3.58. The van der Waals surface area contributed by atoms with E-state index in [4.69, 9.17) is 15.2 Å². The molecule has 8 nitrogen and oxygen atoms in total. The van der Waals surface area contributed by atoms with E-state index in [9.17, 15) is 4.79 Å². The Balaban J connectivity index is 1.81. The number of nitrogens with two attached hydrogens (primary N) is 1. The van der Waals surface area contributed by atoms with Crippen molar-refractivity contribution in [3.05, 3.63) is 47.0 Å². The Bertz CT molecular complexity index is 1120. The van der Waals surface area contributed by atoms with E-state index in [1.807, 2.05) is 12.1 Å². The second kappa shape index (κ2) is 11.4. The van der Waals surface area contributed by atoms with E-state index < -0.39 is 0 Å². The zero-order chi connectivity index (χ0) is 24.7. The number of nitrogens with zero attached hydrogens (tertiary/aromatic N) is 4. The largest absolute Gasteiger partial charge is 0.476 e. The van der Waals surface area contributed by atoms with Gasteiger partial charge in [-0.2, -0.15) is 0 Å². The van der Waals surface area contributed by atoms with Gasteiger partial charge in [0.05, 0.1) is 13.2 Å². The second-order valence-corrected chi connectivity index (χ2v) is 9.66. The summed E-state index contributed by atoms with van der Waals surface area (Å²) >= 11 is 0. The average molecular weight is 469 g/mol. The molecule has 0 aliphatic rings. The number of fused-ring (bicyclic) bond motifs is 1. The summed E-state index contributed by atoms with van der Waals surface area (Å²) < 4.78 is 14.5. The molecule has 0 bridgehead atoms. The number of hydrogen-bond donors (Lipinski definition) is 1. The predicted molar refractivity (Wildman–Crippen MR) is 132 cm³/mol. The molecule has 0 saturated heterocycles. The van der Waals surface area contributed by atoms with Crippen LogP contribution in [-0.2, 0) is 23.3 Å². The van der Waals surface area contributed by atoms with Crippen molar-refractivity contribution in [2.45, 2.75) is 78.9 Å². The molecule has 3 aromatic rings. The number of anilines is 1. The van der Waals surface area contributed by atoms with Crippen molar-refractivity contribution in [3.8, 4) is 5.88 Å². The average Bonchev–Trinajstić information content (AvgIpc) is 3.11. The van der Waals surface area contributed by atoms with E-state index in [0.717, 1.165) is 36.8 Å². The molecule has 0 spiro atoms. The molecule has 184 valence electrons. The third kappa shape index (κ3) is 6.53. The van der Waals surface area contributed by atoms with E-state index in [1.165, 1.54) is 9.20 Å². The summed E-state index contributed by atoms with van der Waals surface area (Å²) in [5.41, 5.74) is 9.46. The van der Waals surface area contributed by atoms with Gasteiger partial charge in [0.1, 0.15) is 0 Å². The van der Waals surface area contributed by atoms with E-state index in [2.05, 4.69) is 50.9 Å². The molecule has 2 N–H and O–H groups in total. The fraction of sp³-hybridized carbons (Fsp3) is 0.538. The number of nitrogen functional groups attached to an aromatic ring is 1. The van der Waals surface area contributed by atoms with Crippen molar-refractivity contribution >= 4 is 17.4 Å². The molecule has 0 saturated carbocycles. The Hall–Kier alpha value is -3.00. The number of benzene rings is 1. The molecular formula is C26H38N5O3+. The lowest BCUT2D eigenvalue weighted by molar-refractivity contribution is -0.723. The Labute approximate surface area is 202 Å². The van der Waals surface area contributed by atoms with Crippen molar-refractivity contribution in [1.29, 1.82) is 0 Å². The van der Waals surface area contributed by atoms with Crippen molar-refractivity contribution in [1.82, 2.24) is 14.7 Å². The Morgan fingerprint density at radius 2 is 1.88 bits per heavy atom. The molecule has 2 heterocycles. The van der Waals surface area contributed by atoms with Gasteiger partial charge >= 0.3 is 5.95 Å². The first-order valence-electron chi connectivity index (χ1n) is 12.2. The summed E-state index contributed by atoms with van der Waals surface area (Å²) in [6.45, 7) is 12.4. The summed E-state index contributed by atoms with van der Waals surface area (Å²) in [5, 5.41) is 8.91. The van der Waals surface area contributed by atoms with Crippen molar-refractivity contribution in [3.63, 3.8) is 0 Å². The number of hydrogen-bond acceptors (Lipinski definition) is 6. The number of ketones is 1. The highest BCUT2D eigenvalue weighted by Gasteiger charge is 2.23. The number of ether oxygens (including phenoxy) is 2. The predicted octanol–water partition coefficient (Wildman–Crippen LogP) is 4.28. The maximum atomic E-state index is 13.3. The molecule has 0 unspecified atom stereocenters. The number of rotatable bonds is 12. The highest BCUT2D eigenvalue weighted by molar-refractivity contribution is 5.95. The molecule has 0 radical (unpaired) electrons. The third-order valence-electron chi connectivity index (χ3n) is 5.58. The van der Waals surface area contributed by atoms with Crippen LogP contribution in [0.5, 0.6) is 5.88 Å². The zero-order valence-electron chi connectivity index (χ0n) is 21.1. The zero-order valence-corrected chi connectivity index (χ0v) is 21.1. The normalized spacial score (nSPS) is 11.8. The van der Waals surface area contributed by atoms with E-state index >= 15 is 0 Å². The van der Waals surface area contributed by atoms with Crippen LogP contribution >= 0.6 is 0 Å². The minimum atomic E-state index is -0.0947. The number of unbranched alkanes of at least 4 members (excludes halogenated alkanes) is 2. The summed E-state index contributed by atoms with van der Waals surface area (Å²) in [4.78, 5) is 13.3. The minimum absolute atomic E-state index is 0.0186. The van der Waals surface area contributed by atoms with E-state index in [-0.39, 0.29) is 23.7 Å². The summed E-state index contributed by atoms with van der Waals surface area (Å²) in [6.07, 6.45) is 4.17. The van der Waals surface area contributed by atoms with Gasteiger partial charge in [-0.3, -0.25) is 10.5 Å². The van der Waals surface area contributed by atoms with Crippen LogP contribution in [0.1, 0.15) is 81.8 Å². The second-order valence-electron chi connectivity index (χ2n) is 9.66. The number of carbonyl (C=O) groups is 1. The van der Waals surface area contributed by atoms with Crippen LogP contribution < -0.4 is 15.2 Å². The molecule has 34 heavy (non-hydrogen) atoms. The maximum Gasteiger partial charge on any atom is 0.401 e. The third-order valence-corrected chi connectivity index (χ3v) is 5.58. The van der Waals surface area contributed by atoms with Gasteiger partial charge in [-0.15, -0.1) is 4.68 Å². The molecule has 0 atom stereocenters. The lowest BCUT2D eigenvalue weighted by Gasteiger charge is -2.21. The van der Waals surface area contributed by atoms with Crippen molar-refractivity contribution in [2.24, 2.45) is 0 Å². The lowest BCUT2D eigenvalue weighted by Crippen LogP contribution is -2.42. The molecule has 1 aromatic carbocycles. The molecule has 8 heteroatoms. The van der Waals surface area contributed by atoms with E-state index in [0.29, 0.717) is 36.9 Å². The van der Waals surface area contributed by atoms with Crippen molar-refractivity contribution < 1.29 is 19.0 Å². The lowest BCUT2D eigenvalue weighted by atomic mass is 9.84. The van der Waals surface area contributed by atoms with Crippen LogP contribution in [0.3, 0.4) is 0 Å². The molecule has 0 amide bonds. The van der Waals surface area contributed by atoms with Crippen LogP contribution in [-0.4, -0.2) is 33.7 Å². The smallest absolute Gasteiger partial charge is 0.401 e. The fourth-order valence-corrected chi connectivity index (χ4v) is 3.58. The monoisotopic (exact) mass is 468 g/mol. The highest BCUT2D eigenvalue weighted by Crippen LogP contribution is 2.25. The topological polar surface area (TPSA) is 95.6 Å². The van der Waals surface area contributed by atoms with Gasteiger partial charge in [0, 0.05) is 24.3 Å². The van der Waals surface area contributed by atoms with Crippen LogP contribution in [0, 0.1) is 0 Å². The SMILES string of the molecule is CCCCCOc1ccc2n[n+](CC(=O)c3cc(COCCC)cc(C(C)(C)C)c3)c(N)n2n1. The number of Topliss-reactive ketones (excluding diaryl/α,β-unsaturated/α-hetero) is 1. The Morgan fingerprint density at radius 1 is 1.09 bits per heavy atom. The highest BCUT2D eigenvalue weighted by atomic mass is 16.5. The summed E-state index contributed by atoms with van der Waals surface area (Å²) in [5.74, 6) is 0.695. The first kappa shape index (κ1) is 25.6. The molecule has 0 fully saturated rings. The van der Waals surface area contributed by atoms with Crippen LogP contribution in [0.15, 0.2) is 30.3 Å². The quantitative estimate of drug-likeness (QED) is 0.242. The van der Waals surface area contributed by atoms with Crippen LogP contribution in [0.2, 0.25) is 0 Å². The van der Waals surface area contributed by atoms with Crippen molar-refractivity contribution in [2.75, 3.05) is 18.9 Å². The van der Waals surface area contributed by atoms with Gasteiger partial charge in [0.2, 0.25) is 5.88 Å². The Morgan fingerprint density at radius 3 is 2.59 bits per heavy atom. The summed E-state index contributed by atoms with van der Waals surface area (Å²) in [7, 11) is 0. The first-order chi connectivity index (χ1) is 16.2. The maximum absolute atomic E-state index is 13.3. The van der Waals surface area contributed by atoms with Gasteiger partial charge in [0.25, 0.3) is 5.65 Å². The standard InChI is InChI=1S/C26H37N5O3/c1-6-8-9-13-34-24-11-10-23-28-30(25(27)31(23)29-24)17-22(32)20-14-19(18-33-12-7-2)15-21(16-20)26(3,4)5/h10-11,14-16,27H,6-9,12-13,17-18H2,1-5H3/p+1. The molecule has 2 aromatic heterocycles. The van der Waals surface area contributed by atoms with Gasteiger partial charge in [-0.1, -0.05) is 68.2 Å². The van der Waals surface area contributed by atoms with E-state index in [1.54, 1.807) is 12.1 Å². The van der Waals surface area contributed by atoms with Gasteiger partial charge in [-0.05, 0) is 41.5 Å². The minimum Gasteiger partial charge on any atom is -0.476 e. The summed E-state index contributed by atoms with van der Waals surface area (Å²) in [6, 6.07) is 9.54. The number of carbonyl (C=O) groups excluding carboxylic acids is 1. The Kier molecular flexibility index (Phi) is 8.61. The van der Waals surface area contributed by atoms with Gasteiger partial charge < -0.3 is 9.47 Å². The van der Waals surface area contributed by atoms with Crippen LogP contribution in [0.4, 0.5) is 5.95 Å². The molecular weight excluding hydrogens is 430 g/mol. The van der Waals surface area contributed by atoms with Gasteiger partial charge in [0.15, 0.2) is 12.3 Å². The molecule has 0 aliphatic carbocycles. The van der Waals surface area contributed by atoms with Crippen LogP contribution in [0.25, 0.3) is 5.65 Å². The molecule has 3 rings (SSSR count). The number of aromatic nitrogens is 4. The van der Waals surface area contributed by atoms with Gasteiger partial charge in [-0.25, -0.2) is 0 Å².